The van der Waals surface area contributed by atoms with Crippen LogP contribution in [0.3, 0.4) is 0 Å². The second-order valence-corrected chi connectivity index (χ2v) is 5.96. The Labute approximate surface area is 138 Å². The van der Waals surface area contributed by atoms with Crippen molar-refractivity contribution >= 4 is 5.91 Å². The monoisotopic (exact) mass is 332 g/mol. The molecule has 1 aromatic heterocycles. The van der Waals surface area contributed by atoms with E-state index >= 15 is 0 Å². The Kier molecular flexibility index (Phi) is 3.89. The molecule has 1 aromatic carbocycles. The van der Waals surface area contributed by atoms with E-state index in [1.807, 2.05) is 4.68 Å². The van der Waals surface area contributed by atoms with Crippen molar-refractivity contribution in [2.75, 3.05) is 19.7 Å². The van der Waals surface area contributed by atoms with Gasteiger partial charge >= 0.3 is 0 Å². The smallest absolute Gasteiger partial charge is 0.260 e. The van der Waals surface area contributed by atoms with Gasteiger partial charge in [-0.2, -0.15) is 0 Å². The molecule has 0 spiro atoms. The second kappa shape index (κ2) is 6.20. The van der Waals surface area contributed by atoms with Crippen LogP contribution in [-0.2, 0) is 16.1 Å². The molecule has 2 aliphatic heterocycles. The second-order valence-electron chi connectivity index (χ2n) is 5.96. The molecular formula is C16H17FN4O3. The van der Waals surface area contributed by atoms with Gasteiger partial charge in [-0.1, -0.05) is 11.3 Å². The number of halogens is 1. The van der Waals surface area contributed by atoms with E-state index in [4.69, 9.17) is 9.47 Å². The summed E-state index contributed by atoms with van der Waals surface area (Å²) in [7, 11) is 0. The predicted molar refractivity (Wildman–Crippen MR) is 80.7 cm³/mol. The molecular weight excluding hydrogens is 315 g/mol. The highest BCUT2D eigenvalue weighted by Gasteiger charge is 2.37. The summed E-state index contributed by atoms with van der Waals surface area (Å²) in [6, 6.07) is 5.74. The highest BCUT2D eigenvalue weighted by molar-refractivity contribution is 5.78. The Hall–Kier alpha value is -2.48. The Morgan fingerprint density at radius 2 is 2.38 bits per heavy atom. The third-order valence-electron chi connectivity index (χ3n) is 4.44. The topological polar surface area (TPSA) is 69.5 Å². The van der Waals surface area contributed by atoms with Crippen LogP contribution in [0.5, 0.6) is 5.75 Å². The van der Waals surface area contributed by atoms with Gasteiger partial charge in [0.2, 0.25) is 0 Å². The van der Waals surface area contributed by atoms with Crippen molar-refractivity contribution in [3.05, 3.63) is 42.0 Å². The van der Waals surface area contributed by atoms with E-state index in [-0.39, 0.29) is 30.5 Å². The van der Waals surface area contributed by atoms with Crippen LogP contribution in [0.1, 0.15) is 18.2 Å². The molecule has 4 rings (SSSR count). The molecule has 0 bridgehead atoms. The Bertz CT molecular complexity index is 750. The fraction of sp³-hybridized carbons (Fsp3) is 0.438. The summed E-state index contributed by atoms with van der Waals surface area (Å²) < 4.78 is 26.2. The molecule has 0 radical (unpaired) electrons. The van der Waals surface area contributed by atoms with E-state index < -0.39 is 0 Å². The standard InChI is InChI=1S/C16H17FN4O3/c17-11-2-1-3-13(6-11)23-10-16(22)20-5-4-15-14(8-20)21-12(9-24-15)7-18-19-21/h1-3,6-7,14-15H,4-5,8-10H2/t14-,15+/m0/s1. The molecule has 1 saturated heterocycles. The molecule has 126 valence electrons. The van der Waals surface area contributed by atoms with Crippen molar-refractivity contribution in [3.63, 3.8) is 0 Å². The molecule has 24 heavy (non-hydrogen) atoms. The van der Waals surface area contributed by atoms with Crippen LogP contribution < -0.4 is 4.74 Å². The van der Waals surface area contributed by atoms with E-state index in [9.17, 15) is 9.18 Å². The fourth-order valence-electron chi connectivity index (χ4n) is 3.20. The van der Waals surface area contributed by atoms with Gasteiger partial charge in [-0.25, -0.2) is 9.07 Å². The lowest BCUT2D eigenvalue weighted by Gasteiger charge is -2.40. The third kappa shape index (κ3) is 2.84. The number of carbonyl (C=O) groups excluding carboxylic acids is 1. The Morgan fingerprint density at radius 1 is 1.46 bits per heavy atom. The fourth-order valence-corrected chi connectivity index (χ4v) is 3.20. The molecule has 0 N–H and O–H groups in total. The first-order valence-electron chi connectivity index (χ1n) is 7.87. The first-order valence-corrected chi connectivity index (χ1v) is 7.87. The molecule has 2 aromatic rings. The minimum atomic E-state index is -0.390. The number of ether oxygens (including phenoxy) is 2. The number of piperidine rings is 1. The van der Waals surface area contributed by atoms with E-state index in [0.717, 1.165) is 12.1 Å². The van der Waals surface area contributed by atoms with Crippen molar-refractivity contribution in [3.8, 4) is 5.75 Å². The number of hydrogen-bond acceptors (Lipinski definition) is 5. The van der Waals surface area contributed by atoms with Crippen molar-refractivity contribution < 1.29 is 18.7 Å². The summed E-state index contributed by atoms with van der Waals surface area (Å²) in [4.78, 5) is 14.1. The minimum Gasteiger partial charge on any atom is -0.484 e. The highest BCUT2D eigenvalue weighted by atomic mass is 19.1. The van der Waals surface area contributed by atoms with E-state index in [1.165, 1.54) is 12.1 Å². The molecule has 3 heterocycles. The van der Waals surface area contributed by atoms with Crippen molar-refractivity contribution in [2.45, 2.75) is 25.2 Å². The summed E-state index contributed by atoms with van der Waals surface area (Å²) in [6.07, 6.45) is 2.48. The quantitative estimate of drug-likeness (QED) is 0.844. The minimum absolute atomic E-state index is 0.0249. The van der Waals surface area contributed by atoms with E-state index in [0.29, 0.717) is 25.4 Å². The molecule has 0 unspecified atom stereocenters. The first kappa shape index (κ1) is 15.1. The average molecular weight is 332 g/mol. The van der Waals surface area contributed by atoms with Gasteiger partial charge in [-0.3, -0.25) is 4.79 Å². The van der Waals surface area contributed by atoms with Gasteiger partial charge in [0.1, 0.15) is 11.6 Å². The zero-order valence-corrected chi connectivity index (χ0v) is 13.0. The van der Waals surface area contributed by atoms with Crippen LogP contribution in [0.25, 0.3) is 0 Å². The summed E-state index contributed by atoms with van der Waals surface area (Å²) >= 11 is 0. The van der Waals surface area contributed by atoms with Crippen molar-refractivity contribution in [1.29, 1.82) is 0 Å². The van der Waals surface area contributed by atoms with Crippen molar-refractivity contribution in [1.82, 2.24) is 19.9 Å². The number of fused-ring (bicyclic) bond motifs is 3. The number of aromatic nitrogens is 3. The largest absolute Gasteiger partial charge is 0.484 e. The number of rotatable bonds is 3. The zero-order chi connectivity index (χ0) is 16.5. The van der Waals surface area contributed by atoms with Gasteiger partial charge in [-0.05, 0) is 18.6 Å². The summed E-state index contributed by atoms with van der Waals surface area (Å²) in [6.45, 7) is 1.50. The van der Waals surface area contributed by atoms with Crippen LogP contribution in [0.4, 0.5) is 4.39 Å². The Balaban J connectivity index is 1.40. The average Bonchev–Trinajstić information content (AvgIpc) is 3.08. The number of likely N-dealkylation sites (tertiary alicyclic amines) is 1. The molecule has 2 aliphatic rings. The number of benzene rings is 1. The summed E-state index contributed by atoms with van der Waals surface area (Å²) in [5, 5.41) is 8.03. The van der Waals surface area contributed by atoms with E-state index in [1.54, 1.807) is 23.2 Å². The molecule has 2 atom stereocenters. The van der Waals surface area contributed by atoms with Gasteiger partial charge in [0.05, 0.1) is 30.6 Å². The summed E-state index contributed by atoms with van der Waals surface area (Å²) in [5.41, 5.74) is 0.918. The SMILES string of the molecule is O=C(COc1cccc(F)c1)N1CC[C@H]2OCc3cnnn3[C@H]2C1. The molecule has 1 fully saturated rings. The zero-order valence-electron chi connectivity index (χ0n) is 13.0. The highest BCUT2D eigenvalue weighted by Crippen LogP contribution is 2.30. The maximum Gasteiger partial charge on any atom is 0.260 e. The van der Waals surface area contributed by atoms with Gasteiger partial charge in [0.25, 0.3) is 5.91 Å². The number of amides is 1. The van der Waals surface area contributed by atoms with Crippen LogP contribution in [-0.4, -0.2) is 51.6 Å². The molecule has 0 saturated carbocycles. The lowest BCUT2D eigenvalue weighted by Crippen LogP contribution is -2.50. The lowest BCUT2D eigenvalue weighted by molar-refractivity contribution is -0.140. The molecule has 1 amide bonds. The summed E-state index contributed by atoms with van der Waals surface area (Å²) in [5.74, 6) is -0.179. The van der Waals surface area contributed by atoms with Crippen LogP contribution in [0.15, 0.2) is 30.5 Å². The lowest BCUT2D eigenvalue weighted by atomic mass is 10.0. The number of hydrogen-bond donors (Lipinski definition) is 0. The van der Waals surface area contributed by atoms with Crippen molar-refractivity contribution in [2.24, 2.45) is 0 Å². The van der Waals surface area contributed by atoms with Gasteiger partial charge in [-0.15, -0.1) is 5.10 Å². The molecule has 8 heteroatoms. The number of nitrogens with zero attached hydrogens (tertiary/aromatic N) is 4. The van der Waals surface area contributed by atoms with Crippen LogP contribution >= 0.6 is 0 Å². The molecule has 7 nitrogen and oxygen atoms in total. The van der Waals surface area contributed by atoms with Gasteiger partial charge < -0.3 is 14.4 Å². The maximum absolute atomic E-state index is 13.1. The van der Waals surface area contributed by atoms with Gasteiger partial charge in [0.15, 0.2) is 6.61 Å². The maximum atomic E-state index is 13.1. The molecule has 0 aliphatic carbocycles. The predicted octanol–water partition coefficient (Wildman–Crippen LogP) is 1.17. The van der Waals surface area contributed by atoms with Crippen LogP contribution in [0.2, 0.25) is 0 Å². The van der Waals surface area contributed by atoms with Gasteiger partial charge in [0, 0.05) is 19.2 Å². The Morgan fingerprint density at radius 3 is 3.25 bits per heavy atom. The number of carbonyl (C=O) groups is 1. The normalized spacial score (nSPS) is 22.6. The van der Waals surface area contributed by atoms with E-state index in [2.05, 4.69) is 10.3 Å². The van der Waals surface area contributed by atoms with Crippen LogP contribution in [0, 0.1) is 5.82 Å². The first-order chi connectivity index (χ1) is 11.7. The third-order valence-corrected chi connectivity index (χ3v) is 4.44.